The molecule has 0 saturated carbocycles. The van der Waals surface area contributed by atoms with Crippen LogP contribution in [0.25, 0.3) is 0 Å². The van der Waals surface area contributed by atoms with Crippen molar-refractivity contribution in [1.29, 1.82) is 0 Å². The Kier molecular flexibility index (Phi) is 1.65. The normalized spacial score (nSPS) is 15.5. The first-order valence-corrected chi connectivity index (χ1v) is 4.05. The van der Waals surface area contributed by atoms with Crippen molar-refractivity contribution in [2.45, 2.75) is 19.3 Å². The lowest BCUT2D eigenvalue weighted by atomic mass is 9.96. The van der Waals surface area contributed by atoms with Gasteiger partial charge in [0.2, 0.25) is 6.41 Å². The van der Waals surface area contributed by atoms with E-state index in [1.165, 1.54) is 0 Å². The van der Waals surface area contributed by atoms with Crippen molar-refractivity contribution < 1.29 is 9.59 Å². The van der Waals surface area contributed by atoms with E-state index in [0.29, 0.717) is 31.5 Å². The minimum Gasteiger partial charge on any atom is -0.383 e. The molecule has 0 atom stereocenters. The van der Waals surface area contributed by atoms with E-state index in [-0.39, 0.29) is 5.78 Å². The van der Waals surface area contributed by atoms with Gasteiger partial charge < -0.3 is 5.73 Å². The van der Waals surface area contributed by atoms with E-state index in [9.17, 15) is 9.59 Å². The van der Waals surface area contributed by atoms with E-state index in [1.807, 2.05) is 0 Å². The van der Waals surface area contributed by atoms with Crippen molar-refractivity contribution in [2.75, 3.05) is 5.73 Å². The van der Waals surface area contributed by atoms with Gasteiger partial charge in [0.05, 0.1) is 5.69 Å². The number of ketones is 1. The van der Waals surface area contributed by atoms with Gasteiger partial charge in [-0.15, -0.1) is 0 Å². The molecule has 5 nitrogen and oxygen atoms in total. The predicted molar refractivity (Wildman–Crippen MR) is 45.8 cm³/mol. The van der Waals surface area contributed by atoms with Crippen LogP contribution < -0.4 is 5.73 Å². The molecular formula is C8H9N3O2. The fraction of sp³-hybridized carbons (Fsp3) is 0.375. The molecule has 1 heterocycles. The van der Waals surface area contributed by atoms with E-state index in [1.54, 1.807) is 0 Å². The quantitative estimate of drug-likeness (QED) is 0.593. The van der Waals surface area contributed by atoms with E-state index >= 15 is 0 Å². The number of nitrogens with zero attached hydrogens (tertiary/aromatic N) is 2. The number of aromatic nitrogens is 2. The molecule has 1 aromatic rings. The highest BCUT2D eigenvalue weighted by atomic mass is 16.1. The van der Waals surface area contributed by atoms with Crippen LogP contribution in [0.4, 0.5) is 5.82 Å². The smallest absolute Gasteiger partial charge is 0.235 e. The summed E-state index contributed by atoms with van der Waals surface area (Å²) >= 11 is 0. The molecule has 68 valence electrons. The minimum absolute atomic E-state index is 0.157. The molecule has 0 amide bonds. The Morgan fingerprint density at radius 1 is 1.46 bits per heavy atom. The van der Waals surface area contributed by atoms with Crippen molar-refractivity contribution in [1.82, 2.24) is 9.78 Å². The van der Waals surface area contributed by atoms with Crippen molar-refractivity contribution in [3.05, 3.63) is 11.3 Å². The van der Waals surface area contributed by atoms with Gasteiger partial charge in [0.1, 0.15) is 11.6 Å². The number of hydrogen-bond donors (Lipinski definition) is 1. The van der Waals surface area contributed by atoms with Crippen molar-refractivity contribution in [3.8, 4) is 0 Å². The van der Waals surface area contributed by atoms with Gasteiger partial charge in [-0.05, 0) is 6.42 Å². The molecule has 0 aliphatic heterocycles. The Hall–Kier alpha value is -1.65. The monoisotopic (exact) mass is 179 g/mol. The van der Waals surface area contributed by atoms with E-state index < -0.39 is 0 Å². The lowest BCUT2D eigenvalue weighted by Crippen LogP contribution is -2.13. The molecule has 0 fully saturated rings. The zero-order chi connectivity index (χ0) is 9.42. The molecule has 1 aliphatic rings. The number of anilines is 1. The molecule has 0 saturated heterocycles. The number of fused-ring (bicyclic) bond motifs is 1. The van der Waals surface area contributed by atoms with E-state index in [2.05, 4.69) is 5.10 Å². The van der Waals surface area contributed by atoms with Crippen LogP contribution >= 0.6 is 0 Å². The summed E-state index contributed by atoms with van der Waals surface area (Å²) in [6, 6.07) is 0. The number of carbonyl (C=O) groups is 2. The van der Waals surface area contributed by atoms with E-state index in [0.717, 1.165) is 15.9 Å². The molecule has 1 aromatic heterocycles. The van der Waals surface area contributed by atoms with Crippen LogP contribution in [0.1, 0.15) is 17.7 Å². The van der Waals surface area contributed by atoms with Crippen LogP contribution in [0.15, 0.2) is 0 Å². The third-order valence-corrected chi connectivity index (χ3v) is 2.25. The number of aryl methyl sites for hydroxylation is 1. The Morgan fingerprint density at radius 3 is 2.92 bits per heavy atom. The summed E-state index contributed by atoms with van der Waals surface area (Å²) in [4.78, 5) is 21.6. The zero-order valence-corrected chi connectivity index (χ0v) is 6.99. The highest BCUT2D eigenvalue weighted by Crippen LogP contribution is 2.22. The van der Waals surface area contributed by atoms with Crippen LogP contribution in [-0.2, 0) is 22.4 Å². The summed E-state index contributed by atoms with van der Waals surface area (Å²) in [5.74, 6) is 0.461. The van der Waals surface area contributed by atoms with E-state index in [4.69, 9.17) is 5.73 Å². The van der Waals surface area contributed by atoms with Gasteiger partial charge >= 0.3 is 0 Å². The third kappa shape index (κ3) is 1.12. The van der Waals surface area contributed by atoms with Crippen molar-refractivity contribution in [2.24, 2.45) is 0 Å². The average Bonchev–Trinajstić information content (AvgIpc) is 2.44. The van der Waals surface area contributed by atoms with Crippen molar-refractivity contribution >= 4 is 18.0 Å². The zero-order valence-electron chi connectivity index (χ0n) is 6.99. The number of Topliss-reactive ketones (excluding diaryl/α,β-unsaturated/α-hetero) is 1. The number of nitrogen functional groups attached to an aromatic ring is 1. The number of hydrogen-bond acceptors (Lipinski definition) is 4. The van der Waals surface area contributed by atoms with Crippen LogP contribution in [0.2, 0.25) is 0 Å². The first-order valence-electron chi connectivity index (χ1n) is 4.05. The molecule has 1 aliphatic carbocycles. The van der Waals surface area contributed by atoms with Gasteiger partial charge in [-0.3, -0.25) is 9.59 Å². The highest BCUT2D eigenvalue weighted by molar-refractivity contribution is 5.85. The Bertz CT molecular complexity index is 381. The second kappa shape index (κ2) is 2.69. The maximum atomic E-state index is 11.1. The SMILES string of the molecule is Nc1c2c(nn1C=O)CCC(=O)C2. The molecule has 2 N–H and O–H groups in total. The third-order valence-electron chi connectivity index (χ3n) is 2.25. The first kappa shape index (κ1) is 7.97. The topological polar surface area (TPSA) is 78.0 Å². The summed E-state index contributed by atoms with van der Waals surface area (Å²) < 4.78 is 1.09. The Morgan fingerprint density at radius 2 is 2.23 bits per heavy atom. The molecule has 5 heteroatoms. The summed E-state index contributed by atoms with van der Waals surface area (Å²) in [5, 5.41) is 3.97. The number of rotatable bonds is 1. The fourth-order valence-corrected chi connectivity index (χ4v) is 1.55. The van der Waals surface area contributed by atoms with Gasteiger partial charge in [0.25, 0.3) is 0 Å². The molecule has 2 rings (SSSR count). The Balaban J connectivity index is 2.51. The fourth-order valence-electron chi connectivity index (χ4n) is 1.55. The van der Waals surface area contributed by atoms with Crippen molar-refractivity contribution in [3.63, 3.8) is 0 Å². The second-order valence-electron chi connectivity index (χ2n) is 3.08. The number of nitrogens with two attached hydrogens (primary N) is 1. The van der Waals surface area contributed by atoms with Gasteiger partial charge in [0, 0.05) is 18.4 Å². The largest absolute Gasteiger partial charge is 0.383 e. The molecule has 0 unspecified atom stereocenters. The van der Waals surface area contributed by atoms with Gasteiger partial charge in [0.15, 0.2) is 0 Å². The molecule has 0 radical (unpaired) electrons. The van der Waals surface area contributed by atoms with Crippen LogP contribution in [-0.4, -0.2) is 22.0 Å². The lowest BCUT2D eigenvalue weighted by molar-refractivity contribution is -0.118. The summed E-state index contributed by atoms with van der Waals surface area (Å²) in [6.07, 6.45) is 1.97. The predicted octanol–water partition coefficient (Wildman–Crippen LogP) is -0.439. The number of carbonyl (C=O) groups excluding carboxylic acids is 2. The van der Waals surface area contributed by atoms with Crippen LogP contribution in [0, 0.1) is 0 Å². The molecule has 13 heavy (non-hydrogen) atoms. The lowest BCUT2D eigenvalue weighted by Gasteiger charge is -2.07. The maximum Gasteiger partial charge on any atom is 0.235 e. The molecule has 0 spiro atoms. The Labute approximate surface area is 74.5 Å². The maximum absolute atomic E-state index is 11.1. The second-order valence-corrected chi connectivity index (χ2v) is 3.08. The first-order chi connectivity index (χ1) is 6.22. The standard InChI is InChI=1S/C8H9N3O2/c9-8-6-3-5(13)1-2-7(6)10-11(8)4-12/h4H,1-3,9H2. The minimum atomic E-state index is 0.157. The van der Waals surface area contributed by atoms with Gasteiger partial charge in [-0.2, -0.15) is 9.78 Å². The summed E-state index contributed by atoms with van der Waals surface area (Å²) in [5.41, 5.74) is 7.12. The molecule has 0 bridgehead atoms. The van der Waals surface area contributed by atoms with Crippen LogP contribution in [0.3, 0.4) is 0 Å². The molecular weight excluding hydrogens is 170 g/mol. The summed E-state index contributed by atoms with van der Waals surface area (Å²) in [6.45, 7) is 0. The van der Waals surface area contributed by atoms with Gasteiger partial charge in [-0.25, -0.2) is 0 Å². The highest BCUT2D eigenvalue weighted by Gasteiger charge is 2.22. The summed E-state index contributed by atoms with van der Waals surface area (Å²) in [7, 11) is 0. The van der Waals surface area contributed by atoms with Crippen LogP contribution in [0.5, 0.6) is 0 Å². The van der Waals surface area contributed by atoms with Gasteiger partial charge in [-0.1, -0.05) is 0 Å². The molecule has 0 aromatic carbocycles. The average molecular weight is 179 g/mol.